The van der Waals surface area contributed by atoms with Crippen LogP contribution in [-0.4, -0.2) is 23.1 Å². The zero-order valence-corrected chi connectivity index (χ0v) is 17.4. The lowest BCUT2D eigenvalue weighted by atomic mass is 9.89. The Bertz CT molecular complexity index is 1100. The normalized spacial score (nSPS) is 13.2. The first-order valence-electron chi connectivity index (χ1n) is 10.8. The number of fused-ring (bicyclic) bond motifs is 2. The molecule has 0 saturated heterocycles. The van der Waals surface area contributed by atoms with Crippen molar-refractivity contribution in [3.8, 4) is 11.1 Å². The molecule has 1 amide bonds. The maximum atomic E-state index is 12.2. The van der Waals surface area contributed by atoms with Gasteiger partial charge in [0.15, 0.2) is 0 Å². The maximum Gasteiger partial charge on any atom is 0.325 e. The molecule has 0 bridgehead atoms. The number of nitrogens with two attached hydrogens (primary N) is 1. The molecule has 1 aromatic heterocycles. The lowest BCUT2D eigenvalue weighted by molar-refractivity contribution is -0.144. The molecule has 0 saturated carbocycles. The second kappa shape index (κ2) is 8.74. The Labute approximate surface area is 176 Å². The molecule has 5 heteroatoms. The fourth-order valence-electron chi connectivity index (χ4n) is 4.23. The highest BCUT2D eigenvalue weighted by atomic mass is 16.5. The number of primary amides is 1. The van der Waals surface area contributed by atoms with E-state index in [2.05, 4.69) is 18.2 Å². The van der Waals surface area contributed by atoms with E-state index in [-0.39, 0.29) is 12.5 Å². The third kappa shape index (κ3) is 4.11. The fourth-order valence-corrected chi connectivity index (χ4v) is 4.23. The molecule has 4 rings (SSSR count). The molecule has 156 valence electrons. The minimum atomic E-state index is -0.499. The van der Waals surface area contributed by atoms with Crippen LogP contribution in [0, 0.1) is 0 Å². The van der Waals surface area contributed by atoms with Crippen molar-refractivity contribution in [1.29, 1.82) is 0 Å². The number of hydrogen-bond donors (Lipinski definition) is 1. The highest BCUT2D eigenvalue weighted by Gasteiger charge is 2.17. The summed E-state index contributed by atoms with van der Waals surface area (Å²) in [5, 5.41) is 0.763. The van der Waals surface area contributed by atoms with Crippen molar-refractivity contribution in [2.24, 2.45) is 5.73 Å². The Balaban J connectivity index is 1.67. The third-order valence-corrected chi connectivity index (χ3v) is 5.89. The van der Waals surface area contributed by atoms with Gasteiger partial charge in [0.2, 0.25) is 0 Å². The summed E-state index contributed by atoms with van der Waals surface area (Å²) in [4.78, 5) is 24.2. The summed E-state index contributed by atoms with van der Waals surface area (Å²) >= 11 is 0. The topological polar surface area (TPSA) is 74.3 Å². The number of nitrogens with zero attached hydrogens (tertiary/aromatic N) is 1. The Hall–Kier alpha value is -3.08. The first-order valence-corrected chi connectivity index (χ1v) is 10.8. The van der Waals surface area contributed by atoms with Gasteiger partial charge >= 0.3 is 5.97 Å². The summed E-state index contributed by atoms with van der Waals surface area (Å²) in [5.74, 6) is -0.809. The van der Waals surface area contributed by atoms with Crippen LogP contribution in [-0.2, 0) is 28.9 Å². The van der Waals surface area contributed by atoms with Gasteiger partial charge in [-0.05, 0) is 66.5 Å². The quantitative estimate of drug-likeness (QED) is 0.461. The van der Waals surface area contributed by atoms with E-state index in [1.165, 1.54) is 24.0 Å². The molecule has 2 aromatic carbocycles. The Morgan fingerprint density at radius 1 is 1.03 bits per heavy atom. The van der Waals surface area contributed by atoms with E-state index in [9.17, 15) is 9.59 Å². The Morgan fingerprint density at radius 2 is 1.77 bits per heavy atom. The number of carbonyl (C=O) groups is 2. The van der Waals surface area contributed by atoms with Crippen LogP contribution in [0.4, 0.5) is 0 Å². The molecule has 0 aliphatic heterocycles. The average Bonchev–Trinajstić information content (AvgIpc) is 3.11. The summed E-state index contributed by atoms with van der Waals surface area (Å²) in [6.45, 7) is 2.53. The SMILES string of the molecule is CCCCOC(=O)Cn1cc(C(N)=O)c2cc(-c3ccc4c(c3)CCCC4)ccc21. The average molecular weight is 405 g/mol. The lowest BCUT2D eigenvalue weighted by Crippen LogP contribution is -2.14. The second-order valence-corrected chi connectivity index (χ2v) is 8.03. The van der Waals surface area contributed by atoms with E-state index in [1.54, 1.807) is 10.8 Å². The number of aryl methyl sites for hydroxylation is 2. The van der Waals surface area contributed by atoms with Gasteiger partial charge in [-0.2, -0.15) is 0 Å². The minimum absolute atomic E-state index is 0.0612. The highest BCUT2D eigenvalue weighted by Crippen LogP contribution is 2.31. The highest BCUT2D eigenvalue weighted by molar-refractivity contribution is 6.07. The molecule has 1 heterocycles. The minimum Gasteiger partial charge on any atom is -0.464 e. The van der Waals surface area contributed by atoms with Gasteiger partial charge in [0, 0.05) is 17.1 Å². The number of rotatable bonds is 7. The first-order chi connectivity index (χ1) is 14.6. The number of unbranched alkanes of at least 4 members (excludes halogenated alkanes) is 1. The molecule has 30 heavy (non-hydrogen) atoms. The lowest BCUT2D eigenvalue weighted by Gasteiger charge is -2.16. The van der Waals surface area contributed by atoms with Crippen LogP contribution >= 0.6 is 0 Å². The summed E-state index contributed by atoms with van der Waals surface area (Å²) in [7, 11) is 0. The number of esters is 1. The van der Waals surface area contributed by atoms with Crippen molar-refractivity contribution in [3.63, 3.8) is 0 Å². The van der Waals surface area contributed by atoms with Gasteiger partial charge in [0.1, 0.15) is 6.54 Å². The van der Waals surface area contributed by atoms with E-state index in [0.717, 1.165) is 47.7 Å². The molecule has 1 aliphatic carbocycles. The van der Waals surface area contributed by atoms with Gasteiger partial charge in [-0.1, -0.05) is 37.6 Å². The van der Waals surface area contributed by atoms with Gasteiger partial charge in [-0.15, -0.1) is 0 Å². The maximum absolute atomic E-state index is 12.2. The number of amides is 1. The van der Waals surface area contributed by atoms with Gasteiger partial charge in [-0.25, -0.2) is 0 Å². The second-order valence-electron chi connectivity index (χ2n) is 8.03. The zero-order valence-electron chi connectivity index (χ0n) is 17.4. The molecular weight excluding hydrogens is 376 g/mol. The molecule has 0 fully saturated rings. The van der Waals surface area contributed by atoms with Crippen molar-refractivity contribution in [2.75, 3.05) is 6.61 Å². The smallest absolute Gasteiger partial charge is 0.325 e. The van der Waals surface area contributed by atoms with Gasteiger partial charge in [0.05, 0.1) is 12.2 Å². The van der Waals surface area contributed by atoms with E-state index in [1.807, 2.05) is 25.1 Å². The van der Waals surface area contributed by atoms with Gasteiger partial charge in [0.25, 0.3) is 5.91 Å². The number of carbonyl (C=O) groups excluding carboxylic acids is 2. The molecule has 1 aliphatic rings. The summed E-state index contributed by atoms with van der Waals surface area (Å²) < 4.78 is 7.03. The predicted octanol–water partition coefficient (Wildman–Crippen LogP) is 4.63. The Morgan fingerprint density at radius 3 is 2.53 bits per heavy atom. The van der Waals surface area contributed by atoms with Crippen LogP contribution in [0.2, 0.25) is 0 Å². The van der Waals surface area contributed by atoms with Gasteiger partial charge in [-0.3, -0.25) is 9.59 Å². The molecule has 0 radical (unpaired) electrons. The molecule has 0 unspecified atom stereocenters. The standard InChI is InChI=1S/C25H28N2O3/c1-2-3-12-30-24(28)16-27-15-22(25(26)29)21-14-20(10-11-23(21)27)19-9-8-17-6-4-5-7-18(17)13-19/h8-11,13-15H,2-7,12,16H2,1H3,(H2,26,29). The van der Waals surface area contributed by atoms with Crippen molar-refractivity contribution in [3.05, 3.63) is 59.3 Å². The third-order valence-electron chi connectivity index (χ3n) is 5.89. The van der Waals surface area contributed by atoms with Crippen LogP contribution in [0.3, 0.4) is 0 Å². The number of aromatic nitrogens is 1. The fraction of sp³-hybridized carbons (Fsp3) is 0.360. The predicted molar refractivity (Wildman–Crippen MR) is 118 cm³/mol. The van der Waals surface area contributed by atoms with E-state index in [4.69, 9.17) is 10.5 Å². The van der Waals surface area contributed by atoms with Crippen molar-refractivity contribution < 1.29 is 14.3 Å². The largest absolute Gasteiger partial charge is 0.464 e. The molecule has 5 nitrogen and oxygen atoms in total. The van der Waals surface area contributed by atoms with E-state index >= 15 is 0 Å². The summed E-state index contributed by atoms with van der Waals surface area (Å²) in [5.41, 5.74) is 11.9. The number of ether oxygens (including phenoxy) is 1. The van der Waals surface area contributed by atoms with Crippen molar-refractivity contribution in [1.82, 2.24) is 4.57 Å². The first kappa shape index (κ1) is 20.2. The number of hydrogen-bond acceptors (Lipinski definition) is 3. The zero-order chi connectivity index (χ0) is 21.1. The van der Waals surface area contributed by atoms with Gasteiger partial charge < -0.3 is 15.0 Å². The molecule has 2 N–H and O–H groups in total. The van der Waals surface area contributed by atoms with Crippen LogP contribution in [0.15, 0.2) is 42.6 Å². The Kier molecular flexibility index (Phi) is 5.88. The monoisotopic (exact) mass is 404 g/mol. The molecular formula is C25H28N2O3. The van der Waals surface area contributed by atoms with Crippen molar-refractivity contribution >= 4 is 22.8 Å². The molecule has 3 aromatic rings. The molecule has 0 atom stereocenters. The van der Waals surface area contributed by atoms with Crippen LogP contribution in [0.5, 0.6) is 0 Å². The number of benzene rings is 2. The van der Waals surface area contributed by atoms with E-state index < -0.39 is 5.91 Å². The van der Waals surface area contributed by atoms with Crippen LogP contribution in [0.25, 0.3) is 22.0 Å². The van der Waals surface area contributed by atoms with Crippen molar-refractivity contribution in [2.45, 2.75) is 52.0 Å². The van der Waals surface area contributed by atoms with E-state index in [0.29, 0.717) is 12.2 Å². The summed E-state index contributed by atoms with van der Waals surface area (Å²) in [6, 6.07) is 12.6. The summed E-state index contributed by atoms with van der Waals surface area (Å²) in [6.07, 6.45) is 8.23. The van der Waals surface area contributed by atoms with Crippen LogP contribution < -0.4 is 5.73 Å². The molecule has 0 spiro atoms. The van der Waals surface area contributed by atoms with Crippen LogP contribution in [0.1, 0.15) is 54.1 Å².